The van der Waals surface area contributed by atoms with E-state index in [4.69, 9.17) is 2.51 Å². The normalized spacial score (nSPS) is 13.0. The molecule has 0 saturated carbocycles. The molecule has 0 atom stereocenters. The molecule has 0 heterocycles. The summed E-state index contributed by atoms with van der Waals surface area (Å²) in [5, 5.41) is 0. The molecule has 6 heteroatoms. The molecule has 0 aliphatic carbocycles. The summed E-state index contributed by atoms with van der Waals surface area (Å²) in [5.74, 6) is 0. The average Bonchev–Trinajstić information content (AvgIpc) is 2.46. The fourth-order valence-electron chi connectivity index (χ4n) is 1.91. The van der Waals surface area contributed by atoms with Crippen molar-refractivity contribution in [3.8, 4) is 0 Å². The third kappa shape index (κ3) is 4.76. The minimum atomic E-state index is -3.94. The van der Waals surface area contributed by atoms with E-state index < -0.39 is 30.8 Å². The predicted molar refractivity (Wildman–Crippen MR) is 99.5 cm³/mol. The molecule has 0 fully saturated rings. The average molecular weight is 448 g/mol. The van der Waals surface area contributed by atoms with Crippen molar-refractivity contribution in [1.82, 2.24) is 0 Å². The van der Waals surface area contributed by atoms with Crippen molar-refractivity contribution in [3.63, 3.8) is 0 Å². The molecular formula is C17H21IO4S. The fraction of sp³-hybridized carbons (Fsp3) is 0.294. The van der Waals surface area contributed by atoms with Gasteiger partial charge in [-0.15, -0.1) is 0 Å². The van der Waals surface area contributed by atoms with Crippen LogP contribution < -0.4 is 0 Å². The van der Waals surface area contributed by atoms with Crippen LogP contribution in [0, 0.1) is 10.5 Å². The van der Waals surface area contributed by atoms with Gasteiger partial charge in [-0.25, -0.2) is 0 Å². The first kappa shape index (κ1) is 18.4. The first-order valence-corrected chi connectivity index (χ1v) is 11.4. The zero-order valence-electron chi connectivity index (χ0n) is 13.6. The Labute approximate surface area is 146 Å². The van der Waals surface area contributed by atoms with Gasteiger partial charge in [0.1, 0.15) is 0 Å². The van der Waals surface area contributed by atoms with Crippen molar-refractivity contribution >= 4 is 30.8 Å². The minimum absolute atomic E-state index is 0.00185. The Morgan fingerprint density at radius 3 is 1.96 bits per heavy atom. The third-order valence-electron chi connectivity index (χ3n) is 3.35. The zero-order valence-corrected chi connectivity index (χ0v) is 16.6. The molecule has 0 unspecified atom stereocenters. The molecule has 2 aromatic carbocycles. The summed E-state index contributed by atoms with van der Waals surface area (Å²) < 4.78 is 40.3. The number of benzene rings is 2. The second kappa shape index (κ2) is 6.88. The third-order valence-corrected chi connectivity index (χ3v) is 8.71. The second-order valence-electron chi connectivity index (χ2n) is 6.32. The van der Waals surface area contributed by atoms with E-state index in [1.54, 1.807) is 24.3 Å². The number of aryl methyl sites for hydroxylation is 1. The van der Waals surface area contributed by atoms with E-state index in [0.29, 0.717) is 3.57 Å². The first-order valence-electron chi connectivity index (χ1n) is 7.11. The molecule has 0 aromatic heterocycles. The van der Waals surface area contributed by atoms with Gasteiger partial charge in [-0.2, -0.15) is 0 Å². The quantitative estimate of drug-likeness (QED) is 0.713. The monoisotopic (exact) mass is 448 g/mol. The summed E-state index contributed by atoms with van der Waals surface area (Å²) in [6.07, 6.45) is 0. The topological polar surface area (TPSA) is 63.6 Å². The molecule has 0 aliphatic rings. The van der Waals surface area contributed by atoms with E-state index in [0.717, 1.165) is 11.1 Å². The maximum absolute atomic E-state index is 12.2. The van der Waals surface area contributed by atoms with Crippen LogP contribution >= 0.6 is 20.6 Å². The van der Waals surface area contributed by atoms with Crippen LogP contribution in [0.25, 0.3) is 0 Å². The van der Waals surface area contributed by atoms with E-state index in [2.05, 4.69) is 20.8 Å². The summed E-state index contributed by atoms with van der Waals surface area (Å²) in [6.45, 7) is 8.15. The van der Waals surface area contributed by atoms with Crippen molar-refractivity contribution in [2.24, 2.45) is 0 Å². The summed E-state index contributed by atoms with van der Waals surface area (Å²) in [6, 6.07) is 13.7. The van der Waals surface area contributed by atoms with Crippen molar-refractivity contribution < 1.29 is 14.4 Å². The van der Waals surface area contributed by atoms with Crippen LogP contribution in [0.5, 0.6) is 0 Å². The Morgan fingerprint density at radius 1 is 0.957 bits per heavy atom. The Balaban J connectivity index is 2.18. The van der Waals surface area contributed by atoms with Gasteiger partial charge in [-0.3, -0.25) is 0 Å². The van der Waals surface area contributed by atoms with Crippen LogP contribution in [-0.4, -0.2) is 11.9 Å². The van der Waals surface area contributed by atoms with Crippen molar-refractivity contribution in [2.75, 3.05) is 0 Å². The van der Waals surface area contributed by atoms with E-state index in [-0.39, 0.29) is 10.3 Å². The molecule has 0 aliphatic heterocycles. The molecular weight excluding hydrogens is 427 g/mol. The van der Waals surface area contributed by atoms with Crippen LogP contribution in [0.4, 0.5) is 0 Å². The fourth-order valence-corrected chi connectivity index (χ4v) is 6.25. The number of rotatable bonds is 4. The van der Waals surface area contributed by atoms with Gasteiger partial charge in [0.05, 0.1) is 0 Å². The Bertz CT molecular complexity index is 760. The van der Waals surface area contributed by atoms with E-state index in [1.807, 2.05) is 19.1 Å². The van der Waals surface area contributed by atoms with Crippen LogP contribution in [0.2, 0.25) is 0 Å². The van der Waals surface area contributed by atoms with Crippen molar-refractivity contribution in [1.29, 1.82) is 0 Å². The van der Waals surface area contributed by atoms with Crippen molar-refractivity contribution in [2.45, 2.75) is 38.0 Å². The Morgan fingerprint density at radius 2 is 1.48 bits per heavy atom. The van der Waals surface area contributed by atoms with Gasteiger partial charge in [0.25, 0.3) is 0 Å². The summed E-state index contributed by atoms with van der Waals surface area (Å²) in [5.41, 5.74) is 2.08. The molecule has 2 aromatic rings. The van der Waals surface area contributed by atoms with Gasteiger partial charge in [0.15, 0.2) is 0 Å². The number of hydrogen-bond acceptors (Lipinski definition) is 4. The molecule has 0 radical (unpaired) electrons. The van der Waals surface area contributed by atoms with Gasteiger partial charge in [-0.05, 0) is 0 Å². The zero-order chi connectivity index (χ0) is 17.3. The van der Waals surface area contributed by atoms with Crippen molar-refractivity contribution in [3.05, 3.63) is 63.2 Å². The molecule has 0 bridgehead atoms. The molecule has 2 rings (SSSR count). The Hall–Kier alpha value is -0.960. The predicted octanol–water partition coefficient (Wildman–Crippen LogP) is 4.20. The molecule has 0 spiro atoms. The van der Waals surface area contributed by atoms with Gasteiger partial charge in [-0.1, -0.05) is 0 Å². The first-order chi connectivity index (χ1) is 10.6. The second-order valence-corrected chi connectivity index (χ2v) is 11.5. The van der Waals surface area contributed by atoms with Gasteiger partial charge >= 0.3 is 146 Å². The summed E-state index contributed by atoms with van der Waals surface area (Å²) >= 11 is -3.22. The maximum atomic E-state index is 12.2. The summed E-state index contributed by atoms with van der Waals surface area (Å²) in [4.78, 5) is 0.0609. The van der Waals surface area contributed by atoms with Crippen LogP contribution in [0.3, 0.4) is 0 Å². The van der Waals surface area contributed by atoms with Gasteiger partial charge < -0.3 is 0 Å². The van der Waals surface area contributed by atoms with E-state index in [9.17, 15) is 11.9 Å². The van der Waals surface area contributed by atoms with Crippen LogP contribution in [-0.2, 0) is 18.0 Å². The van der Waals surface area contributed by atoms with Gasteiger partial charge in [0, 0.05) is 0 Å². The number of hydrogen-bond donors (Lipinski definition) is 1. The Kier molecular flexibility index (Phi) is 5.50. The van der Waals surface area contributed by atoms with E-state index >= 15 is 0 Å². The number of halogens is 1. The summed E-state index contributed by atoms with van der Waals surface area (Å²) in [7, 11) is -3.94. The van der Waals surface area contributed by atoms with Crippen LogP contribution in [0.1, 0.15) is 31.9 Å². The SMILES string of the molecule is Cc1ccc(S(=O)(=O)OI(O)c2ccc(C(C)(C)C)cc2)cc1. The standard InChI is InChI=1S/C17H21IO4S/c1-13-5-11-16(12-6-13)23(20,21)22-18(19)15-9-7-14(8-10-15)17(2,3)4/h5-12,19H,1-4H3. The molecule has 126 valence electrons. The van der Waals surface area contributed by atoms with Crippen LogP contribution in [0.15, 0.2) is 53.4 Å². The molecule has 23 heavy (non-hydrogen) atoms. The molecule has 0 saturated heterocycles. The molecule has 0 amide bonds. The molecule has 1 N–H and O–H groups in total. The van der Waals surface area contributed by atoms with Gasteiger partial charge in [0.2, 0.25) is 0 Å². The van der Waals surface area contributed by atoms with E-state index in [1.165, 1.54) is 12.1 Å². The molecule has 4 nitrogen and oxygen atoms in total.